The molecule has 0 aromatic heterocycles. The molecule has 4 rings (SSSR count). The Bertz CT molecular complexity index is 1000. The van der Waals surface area contributed by atoms with Crippen molar-refractivity contribution in [3.63, 3.8) is 0 Å². The summed E-state index contributed by atoms with van der Waals surface area (Å²) in [5.74, 6) is -0.782. The summed E-state index contributed by atoms with van der Waals surface area (Å²) in [6.45, 7) is 4.83. The van der Waals surface area contributed by atoms with Crippen LogP contribution in [-0.4, -0.2) is 52.8 Å². The number of benzene rings is 1. The number of fused-ring (bicyclic) bond motifs is 3. The lowest BCUT2D eigenvalue weighted by Crippen LogP contribution is -2.35. The number of aromatic hydroxyl groups is 1. The van der Waals surface area contributed by atoms with Gasteiger partial charge < -0.3 is 14.9 Å². The Morgan fingerprint density at radius 2 is 2.03 bits per heavy atom. The Morgan fingerprint density at radius 1 is 1.24 bits per heavy atom. The third-order valence-electron chi connectivity index (χ3n) is 7.27. The number of halogens is 1. The van der Waals surface area contributed by atoms with Gasteiger partial charge in [-0.15, -0.1) is 0 Å². The van der Waals surface area contributed by atoms with E-state index in [1.165, 1.54) is 10.5 Å². The molecule has 178 valence electrons. The standard InChI is InChI=1S/C26H32BrNO5/c1-3-9-28-25(31)19-12-17(13-29)23-20(24(19)26(28)32)14-33-22(23)8-5-15(4-2)10-16-11-18(27)6-7-21(16)30/h6-7,10-11,19-20,22,24,29-30H,3-5,8-9,12-14H2,1-2H3/b15-10+/t19-,20+,22-,24-/m1/s1. The van der Waals surface area contributed by atoms with Gasteiger partial charge in [0.15, 0.2) is 0 Å². The summed E-state index contributed by atoms with van der Waals surface area (Å²) in [5, 5.41) is 20.3. The fraction of sp³-hybridized carbons (Fsp3) is 0.538. The molecule has 2 aliphatic heterocycles. The van der Waals surface area contributed by atoms with Gasteiger partial charge in [-0.05, 0) is 61.4 Å². The number of allylic oxidation sites excluding steroid dienone is 1. The Labute approximate surface area is 203 Å². The van der Waals surface area contributed by atoms with Gasteiger partial charge >= 0.3 is 0 Å². The maximum atomic E-state index is 13.1. The van der Waals surface area contributed by atoms with Gasteiger partial charge in [0.2, 0.25) is 11.8 Å². The van der Waals surface area contributed by atoms with Crippen LogP contribution in [0.2, 0.25) is 0 Å². The Kier molecular flexibility index (Phi) is 7.41. The predicted molar refractivity (Wildman–Crippen MR) is 129 cm³/mol. The first kappa shape index (κ1) is 24.2. The minimum absolute atomic E-state index is 0.0742. The molecule has 2 fully saturated rings. The molecule has 2 N–H and O–H groups in total. The highest BCUT2D eigenvalue weighted by molar-refractivity contribution is 9.10. The lowest BCUT2D eigenvalue weighted by atomic mass is 9.69. The van der Waals surface area contributed by atoms with E-state index in [2.05, 4.69) is 22.9 Å². The van der Waals surface area contributed by atoms with E-state index in [-0.39, 0.29) is 48.0 Å². The Balaban J connectivity index is 1.53. The molecule has 7 heteroatoms. The normalized spacial score (nSPS) is 27.4. The first-order valence-electron chi connectivity index (χ1n) is 11.9. The molecule has 0 unspecified atom stereocenters. The summed E-state index contributed by atoms with van der Waals surface area (Å²) in [7, 11) is 0. The van der Waals surface area contributed by atoms with E-state index in [0.717, 1.165) is 46.9 Å². The number of likely N-dealkylation sites (tertiary alicyclic amines) is 1. The molecule has 1 aromatic carbocycles. The fourth-order valence-electron chi connectivity index (χ4n) is 5.66. The monoisotopic (exact) mass is 517 g/mol. The van der Waals surface area contributed by atoms with E-state index in [9.17, 15) is 19.8 Å². The molecule has 1 aromatic rings. The number of ether oxygens (including phenoxy) is 1. The van der Waals surface area contributed by atoms with Crippen molar-refractivity contribution in [3.05, 3.63) is 45.0 Å². The van der Waals surface area contributed by atoms with Crippen molar-refractivity contribution in [3.8, 4) is 5.75 Å². The topological polar surface area (TPSA) is 87.1 Å². The number of carbonyl (C=O) groups is 2. The number of aliphatic hydroxyl groups excluding tert-OH is 1. The van der Waals surface area contributed by atoms with E-state index in [1.54, 1.807) is 12.1 Å². The molecule has 33 heavy (non-hydrogen) atoms. The van der Waals surface area contributed by atoms with Crippen LogP contribution in [0.4, 0.5) is 0 Å². The zero-order valence-electron chi connectivity index (χ0n) is 19.2. The second kappa shape index (κ2) is 10.1. The maximum absolute atomic E-state index is 13.1. The van der Waals surface area contributed by atoms with Gasteiger partial charge in [-0.2, -0.15) is 0 Å². The molecule has 0 spiro atoms. The molecule has 0 radical (unpaired) electrons. The number of carbonyl (C=O) groups excluding carboxylic acids is 2. The predicted octanol–water partition coefficient (Wildman–Crippen LogP) is 4.45. The van der Waals surface area contributed by atoms with E-state index in [1.807, 2.05) is 19.1 Å². The van der Waals surface area contributed by atoms with Crippen molar-refractivity contribution in [1.82, 2.24) is 4.90 Å². The van der Waals surface area contributed by atoms with E-state index >= 15 is 0 Å². The van der Waals surface area contributed by atoms with E-state index < -0.39 is 0 Å². The second-order valence-electron chi connectivity index (χ2n) is 9.21. The largest absolute Gasteiger partial charge is 0.507 e. The van der Waals surface area contributed by atoms with Gasteiger partial charge in [0.05, 0.1) is 31.2 Å². The van der Waals surface area contributed by atoms with Crippen LogP contribution in [0.25, 0.3) is 6.08 Å². The minimum atomic E-state index is -0.368. The molecule has 2 amide bonds. The van der Waals surface area contributed by atoms with Gasteiger partial charge in [0.25, 0.3) is 0 Å². The maximum Gasteiger partial charge on any atom is 0.233 e. The van der Waals surface area contributed by atoms with Crippen LogP contribution in [0.5, 0.6) is 5.75 Å². The SMILES string of the molecule is CCCN1C(=O)[C@@H]2[C@@H](CC(CO)=C3[C@@H](CC/C(=C/c4cc(Br)ccc4O)CC)OC[C@@H]32)C1=O. The molecule has 1 aliphatic carbocycles. The lowest BCUT2D eigenvalue weighted by Gasteiger charge is -2.31. The van der Waals surface area contributed by atoms with Crippen molar-refractivity contribution in [1.29, 1.82) is 0 Å². The van der Waals surface area contributed by atoms with E-state index in [4.69, 9.17) is 4.74 Å². The zero-order chi connectivity index (χ0) is 23.7. The quantitative estimate of drug-likeness (QED) is 0.393. The van der Waals surface area contributed by atoms with Gasteiger partial charge in [0.1, 0.15) is 5.75 Å². The molecule has 0 bridgehead atoms. The molecule has 2 saturated heterocycles. The second-order valence-corrected chi connectivity index (χ2v) is 10.1. The molecule has 4 atom stereocenters. The summed E-state index contributed by atoms with van der Waals surface area (Å²) in [6, 6.07) is 5.37. The number of rotatable bonds is 8. The molecule has 0 saturated carbocycles. The average Bonchev–Trinajstić information content (AvgIpc) is 3.33. The smallest absolute Gasteiger partial charge is 0.233 e. The third kappa shape index (κ3) is 4.55. The van der Waals surface area contributed by atoms with Crippen LogP contribution in [0.3, 0.4) is 0 Å². The number of amides is 2. The van der Waals surface area contributed by atoms with Gasteiger partial charge in [-0.1, -0.05) is 41.4 Å². The highest BCUT2D eigenvalue weighted by atomic mass is 79.9. The number of hydrogen-bond donors (Lipinski definition) is 2. The van der Waals surface area contributed by atoms with Crippen LogP contribution >= 0.6 is 15.9 Å². The zero-order valence-corrected chi connectivity index (χ0v) is 20.8. The van der Waals surface area contributed by atoms with Gasteiger partial charge in [-0.25, -0.2) is 0 Å². The highest BCUT2D eigenvalue weighted by Gasteiger charge is 2.56. The number of hydrogen-bond acceptors (Lipinski definition) is 5. The van der Waals surface area contributed by atoms with Crippen LogP contribution in [0, 0.1) is 17.8 Å². The summed E-state index contributed by atoms with van der Waals surface area (Å²) in [5.41, 5.74) is 3.87. The van der Waals surface area contributed by atoms with Gasteiger partial charge in [-0.3, -0.25) is 14.5 Å². The number of imide groups is 1. The molecular weight excluding hydrogens is 486 g/mol. The summed E-state index contributed by atoms with van der Waals surface area (Å²) >= 11 is 3.45. The van der Waals surface area contributed by atoms with Crippen molar-refractivity contribution < 1.29 is 24.5 Å². The van der Waals surface area contributed by atoms with Gasteiger partial charge in [0, 0.05) is 22.5 Å². The summed E-state index contributed by atoms with van der Waals surface area (Å²) < 4.78 is 7.08. The van der Waals surface area contributed by atoms with E-state index in [0.29, 0.717) is 19.6 Å². The highest BCUT2D eigenvalue weighted by Crippen LogP contribution is 2.49. The van der Waals surface area contributed by atoms with Crippen LogP contribution in [0.1, 0.15) is 51.5 Å². The number of phenols is 1. The van der Waals surface area contributed by atoms with Crippen LogP contribution < -0.4 is 0 Å². The number of phenolic OH excluding ortho intramolecular Hbond substituents is 1. The molecule has 2 heterocycles. The van der Waals surface area contributed by atoms with Crippen molar-refractivity contribution in [2.45, 2.75) is 52.1 Å². The minimum Gasteiger partial charge on any atom is -0.507 e. The summed E-state index contributed by atoms with van der Waals surface area (Å²) in [4.78, 5) is 27.4. The molecule has 3 aliphatic rings. The van der Waals surface area contributed by atoms with Crippen LogP contribution in [0.15, 0.2) is 39.4 Å². The number of nitrogens with zero attached hydrogens (tertiary/aromatic N) is 1. The fourth-order valence-corrected chi connectivity index (χ4v) is 6.04. The molecular formula is C26H32BrNO5. The van der Waals surface area contributed by atoms with Crippen molar-refractivity contribution in [2.24, 2.45) is 17.8 Å². The average molecular weight is 518 g/mol. The van der Waals surface area contributed by atoms with Crippen molar-refractivity contribution in [2.75, 3.05) is 19.8 Å². The first-order valence-corrected chi connectivity index (χ1v) is 12.7. The Hall–Kier alpha value is -1.96. The third-order valence-corrected chi connectivity index (χ3v) is 7.76. The number of aliphatic hydroxyl groups is 1. The first-order chi connectivity index (χ1) is 15.9. The molecule has 6 nitrogen and oxygen atoms in total. The van der Waals surface area contributed by atoms with Crippen LogP contribution in [-0.2, 0) is 14.3 Å². The van der Waals surface area contributed by atoms with Crippen molar-refractivity contribution >= 4 is 33.8 Å². The lowest BCUT2D eigenvalue weighted by molar-refractivity contribution is -0.140. The summed E-state index contributed by atoms with van der Waals surface area (Å²) in [6.07, 6.45) is 5.41. The Morgan fingerprint density at radius 3 is 2.73 bits per heavy atom.